The molecule has 0 saturated heterocycles. The Bertz CT molecular complexity index is 464. The molecule has 104 valence electrons. The fourth-order valence-corrected chi connectivity index (χ4v) is 2.18. The molecule has 1 aromatic rings. The maximum Gasteiger partial charge on any atom is 0.183 e. The van der Waals surface area contributed by atoms with Crippen LogP contribution in [-0.4, -0.2) is 25.0 Å². The summed E-state index contributed by atoms with van der Waals surface area (Å²) in [6.07, 6.45) is 2.36. The predicted molar refractivity (Wildman–Crippen MR) is 77.0 cm³/mol. The van der Waals surface area contributed by atoms with Crippen molar-refractivity contribution in [2.75, 3.05) is 7.11 Å². The molecule has 1 aliphatic rings. The van der Waals surface area contributed by atoms with Crippen LogP contribution in [0.4, 0.5) is 0 Å². The molecular weight excluding hydrogens is 238 g/mol. The van der Waals surface area contributed by atoms with E-state index in [-0.39, 0.29) is 11.8 Å². The molecule has 3 heteroatoms. The molecular formula is C16H23NO2. The number of benzene rings is 1. The average molecular weight is 261 g/mol. The fraction of sp³-hybridized carbons (Fsp3) is 0.562. The Hall–Kier alpha value is -1.35. The molecule has 0 heterocycles. The van der Waals surface area contributed by atoms with Crippen LogP contribution in [0.25, 0.3) is 0 Å². The van der Waals surface area contributed by atoms with Crippen molar-refractivity contribution >= 4 is 5.78 Å². The maximum absolute atomic E-state index is 12.4. The second-order valence-corrected chi connectivity index (χ2v) is 5.64. The third kappa shape index (κ3) is 3.35. The van der Waals surface area contributed by atoms with E-state index in [0.717, 1.165) is 0 Å². The summed E-state index contributed by atoms with van der Waals surface area (Å²) in [6, 6.07) is 6.26. The second-order valence-electron chi connectivity index (χ2n) is 5.64. The van der Waals surface area contributed by atoms with Gasteiger partial charge in [-0.3, -0.25) is 4.79 Å². The first-order valence-corrected chi connectivity index (χ1v) is 7.01. The van der Waals surface area contributed by atoms with E-state index >= 15 is 0 Å². The van der Waals surface area contributed by atoms with Crippen LogP contribution in [0.5, 0.6) is 5.75 Å². The Kier molecular flexibility index (Phi) is 4.25. The van der Waals surface area contributed by atoms with E-state index in [2.05, 4.69) is 19.2 Å². The van der Waals surface area contributed by atoms with Crippen LogP contribution in [0.2, 0.25) is 0 Å². The lowest BCUT2D eigenvalue weighted by Gasteiger charge is -2.16. The second kappa shape index (κ2) is 5.74. The van der Waals surface area contributed by atoms with E-state index in [1.807, 2.05) is 25.1 Å². The number of Topliss-reactive ketones (excluding diaryl/α,β-unsaturated/α-hetero) is 1. The molecule has 0 aromatic heterocycles. The van der Waals surface area contributed by atoms with E-state index in [1.54, 1.807) is 7.11 Å². The van der Waals surface area contributed by atoms with E-state index in [9.17, 15) is 4.79 Å². The molecule has 1 aromatic carbocycles. The minimum absolute atomic E-state index is 0.110. The van der Waals surface area contributed by atoms with Gasteiger partial charge in [-0.05, 0) is 43.4 Å². The van der Waals surface area contributed by atoms with E-state index < -0.39 is 0 Å². The number of carbonyl (C=O) groups is 1. The van der Waals surface area contributed by atoms with Gasteiger partial charge in [0.25, 0.3) is 0 Å². The quantitative estimate of drug-likeness (QED) is 0.799. The highest BCUT2D eigenvalue weighted by Gasteiger charge is 2.27. The molecule has 1 unspecified atom stereocenters. The maximum atomic E-state index is 12.4. The summed E-state index contributed by atoms with van der Waals surface area (Å²) in [4.78, 5) is 12.4. The molecule has 0 bridgehead atoms. The highest BCUT2D eigenvalue weighted by atomic mass is 16.5. The fourth-order valence-electron chi connectivity index (χ4n) is 2.18. The van der Waals surface area contributed by atoms with Crippen molar-refractivity contribution in [3.63, 3.8) is 0 Å². The largest absolute Gasteiger partial charge is 0.496 e. The van der Waals surface area contributed by atoms with Crippen molar-refractivity contribution in [3.05, 3.63) is 29.3 Å². The molecule has 1 N–H and O–H groups in total. The molecule has 1 aliphatic carbocycles. The standard InChI is InChI=1S/C16H23NO2/c1-10(2)12-5-8-14(15(9-12)19-4)16(18)11(3)17-13-6-7-13/h5,8-11,13,17H,6-7H2,1-4H3. The smallest absolute Gasteiger partial charge is 0.183 e. The highest BCUT2D eigenvalue weighted by molar-refractivity contribution is 6.02. The van der Waals surface area contributed by atoms with Gasteiger partial charge < -0.3 is 10.1 Å². The monoisotopic (exact) mass is 261 g/mol. The molecule has 0 amide bonds. The van der Waals surface area contributed by atoms with Crippen molar-refractivity contribution < 1.29 is 9.53 Å². The Labute approximate surface area is 115 Å². The number of hydrogen-bond acceptors (Lipinski definition) is 3. The van der Waals surface area contributed by atoms with Crippen LogP contribution in [0.1, 0.15) is 55.5 Å². The number of ketones is 1. The van der Waals surface area contributed by atoms with Gasteiger partial charge >= 0.3 is 0 Å². The molecule has 0 spiro atoms. The van der Waals surface area contributed by atoms with Crippen molar-refractivity contribution in [2.45, 2.75) is 51.6 Å². The summed E-state index contributed by atoms with van der Waals surface area (Å²) in [6.45, 7) is 6.19. The van der Waals surface area contributed by atoms with Gasteiger partial charge in [-0.25, -0.2) is 0 Å². The number of hydrogen-bond donors (Lipinski definition) is 1. The predicted octanol–water partition coefficient (Wildman–Crippen LogP) is 3.14. The Balaban J connectivity index is 2.19. The van der Waals surface area contributed by atoms with Crippen LogP contribution in [0.15, 0.2) is 18.2 Å². The van der Waals surface area contributed by atoms with Crippen LogP contribution in [0, 0.1) is 0 Å². The molecule has 3 nitrogen and oxygen atoms in total. The van der Waals surface area contributed by atoms with Crippen molar-refractivity contribution in [1.29, 1.82) is 0 Å². The minimum Gasteiger partial charge on any atom is -0.496 e. The first-order valence-electron chi connectivity index (χ1n) is 7.01. The Morgan fingerprint density at radius 2 is 2.00 bits per heavy atom. The summed E-state index contributed by atoms with van der Waals surface area (Å²) < 4.78 is 5.38. The summed E-state index contributed by atoms with van der Waals surface area (Å²) >= 11 is 0. The zero-order valence-electron chi connectivity index (χ0n) is 12.2. The molecule has 0 radical (unpaired) electrons. The van der Waals surface area contributed by atoms with E-state index in [1.165, 1.54) is 18.4 Å². The lowest BCUT2D eigenvalue weighted by Crippen LogP contribution is -2.35. The van der Waals surface area contributed by atoms with Gasteiger partial charge in [0.15, 0.2) is 5.78 Å². The molecule has 1 fully saturated rings. The van der Waals surface area contributed by atoms with E-state index in [4.69, 9.17) is 4.74 Å². The van der Waals surface area contributed by atoms with E-state index in [0.29, 0.717) is 23.3 Å². The van der Waals surface area contributed by atoms with Crippen molar-refractivity contribution in [1.82, 2.24) is 5.32 Å². The zero-order valence-corrected chi connectivity index (χ0v) is 12.2. The van der Waals surface area contributed by atoms with Crippen LogP contribution < -0.4 is 10.1 Å². The topological polar surface area (TPSA) is 38.3 Å². The summed E-state index contributed by atoms with van der Waals surface area (Å²) in [5.41, 5.74) is 1.86. The molecule has 19 heavy (non-hydrogen) atoms. The number of carbonyl (C=O) groups excluding carboxylic acids is 1. The number of nitrogens with one attached hydrogen (secondary N) is 1. The number of rotatable bonds is 6. The lowest BCUT2D eigenvalue weighted by atomic mass is 9.97. The summed E-state index contributed by atoms with van der Waals surface area (Å²) in [5, 5.41) is 3.34. The van der Waals surface area contributed by atoms with Gasteiger partial charge in [-0.2, -0.15) is 0 Å². The number of methoxy groups -OCH3 is 1. The minimum atomic E-state index is -0.147. The third-order valence-electron chi connectivity index (χ3n) is 3.61. The van der Waals surface area contributed by atoms with Gasteiger partial charge in [0.05, 0.1) is 18.7 Å². The van der Waals surface area contributed by atoms with Gasteiger partial charge in [-0.1, -0.05) is 19.9 Å². The molecule has 1 saturated carbocycles. The molecule has 2 rings (SSSR count). The van der Waals surface area contributed by atoms with Crippen LogP contribution in [0.3, 0.4) is 0 Å². The molecule has 0 aliphatic heterocycles. The first kappa shape index (κ1) is 14.1. The summed E-state index contributed by atoms with van der Waals surface area (Å²) in [5.74, 6) is 1.22. The van der Waals surface area contributed by atoms with Gasteiger partial charge in [-0.15, -0.1) is 0 Å². The van der Waals surface area contributed by atoms with Gasteiger partial charge in [0.2, 0.25) is 0 Å². The average Bonchev–Trinajstić information content (AvgIpc) is 3.20. The van der Waals surface area contributed by atoms with Crippen LogP contribution in [-0.2, 0) is 0 Å². The van der Waals surface area contributed by atoms with Crippen molar-refractivity contribution in [2.24, 2.45) is 0 Å². The van der Waals surface area contributed by atoms with Gasteiger partial charge in [0, 0.05) is 6.04 Å². The lowest BCUT2D eigenvalue weighted by molar-refractivity contribution is 0.0947. The first-order chi connectivity index (χ1) is 9.02. The highest BCUT2D eigenvalue weighted by Crippen LogP contribution is 2.26. The van der Waals surface area contributed by atoms with Crippen molar-refractivity contribution in [3.8, 4) is 5.75 Å². The van der Waals surface area contributed by atoms with Gasteiger partial charge in [0.1, 0.15) is 5.75 Å². The normalized spacial score (nSPS) is 16.5. The van der Waals surface area contributed by atoms with Crippen LogP contribution >= 0.6 is 0 Å². The zero-order chi connectivity index (χ0) is 14.0. The SMILES string of the molecule is COc1cc(C(C)C)ccc1C(=O)C(C)NC1CC1. The number of ether oxygens (including phenoxy) is 1. The molecule has 1 atom stereocenters. The Morgan fingerprint density at radius 3 is 2.53 bits per heavy atom. The summed E-state index contributed by atoms with van der Waals surface area (Å²) in [7, 11) is 1.62. The Morgan fingerprint density at radius 1 is 1.32 bits per heavy atom. The third-order valence-corrected chi connectivity index (χ3v) is 3.61.